The molecule has 2 N–H and O–H groups in total. The summed E-state index contributed by atoms with van der Waals surface area (Å²) < 4.78 is 0. The number of carbonyl (C=O) groups is 1. The highest BCUT2D eigenvalue weighted by Gasteiger charge is 2.30. The SMILES string of the molecule is CC1CC(C)CC(NCC(C)(C)C(=O)O)C1. The minimum Gasteiger partial charge on any atom is -0.481 e. The summed E-state index contributed by atoms with van der Waals surface area (Å²) >= 11 is 0. The Morgan fingerprint density at radius 3 is 2.19 bits per heavy atom. The highest BCUT2D eigenvalue weighted by Crippen LogP contribution is 2.29. The number of hydrogen-bond donors (Lipinski definition) is 2. The Labute approximate surface area is 98.6 Å². The minimum absolute atomic E-state index is 0.498. The number of aliphatic carboxylic acids is 1. The predicted octanol–water partition coefficient (Wildman–Crippen LogP) is 2.51. The molecule has 1 saturated carbocycles. The lowest BCUT2D eigenvalue weighted by Crippen LogP contribution is -2.43. The van der Waals surface area contributed by atoms with Crippen molar-refractivity contribution in [3.63, 3.8) is 0 Å². The van der Waals surface area contributed by atoms with Crippen LogP contribution in [0.1, 0.15) is 47.0 Å². The van der Waals surface area contributed by atoms with Gasteiger partial charge in [0.05, 0.1) is 5.41 Å². The molecule has 16 heavy (non-hydrogen) atoms. The Hall–Kier alpha value is -0.570. The van der Waals surface area contributed by atoms with Crippen molar-refractivity contribution in [2.24, 2.45) is 17.3 Å². The molecule has 1 aliphatic carbocycles. The van der Waals surface area contributed by atoms with Crippen LogP contribution in [-0.4, -0.2) is 23.7 Å². The van der Waals surface area contributed by atoms with Crippen molar-refractivity contribution in [3.05, 3.63) is 0 Å². The summed E-state index contributed by atoms with van der Waals surface area (Å²) in [6, 6.07) is 0.498. The fourth-order valence-corrected chi connectivity index (χ4v) is 2.59. The molecule has 0 spiro atoms. The highest BCUT2D eigenvalue weighted by molar-refractivity contribution is 5.73. The molecular formula is C13H25NO2. The molecule has 0 aromatic rings. The van der Waals surface area contributed by atoms with E-state index in [0.717, 1.165) is 11.8 Å². The lowest BCUT2D eigenvalue weighted by Gasteiger charge is -2.33. The molecule has 2 atom stereocenters. The summed E-state index contributed by atoms with van der Waals surface area (Å²) in [5.41, 5.74) is -0.663. The summed E-state index contributed by atoms with van der Waals surface area (Å²) in [7, 11) is 0. The maximum Gasteiger partial charge on any atom is 0.310 e. The number of carboxylic acid groups (broad SMARTS) is 1. The zero-order valence-corrected chi connectivity index (χ0v) is 10.9. The van der Waals surface area contributed by atoms with Gasteiger partial charge in [0.25, 0.3) is 0 Å². The molecule has 0 heterocycles. The van der Waals surface area contributed by atoms with Crippen LogP contribution in [0, 0.1) is 17.3 Å². The third-order valence-corrected chi connectivity index (χ3v) is 3.59. The molecule has 0 radical (unpaired) electrons. The molecule has 3 heteroatoms. The lowest BCUT2D eigenvalue weighted by molar-refractivity contribution is -0.146. The first-order valence-corrected chi connectivity index (χ1v) is 6.28. The lowest BCUT2D eigenvalue weighted by atomic mass is 9.80. The number of nitrogens with one attached hydrogen (secondary N) is 1. The van der Waals surface area contributed by atoms with Gasteiger partial charge in [0.2, 0.25) is 0 Å². The Balaban J connectivity index is 2.40. The zero-order valence-electron chi connectivity index (χ0n) is 10.9. The van der Waals surface area contributed by atoms with Gasteiger partial charge in [0.15, 0.2) is 0 Å². The van der Waals surface area contributed by atoms with Gasteiger partial charge in [-0.3, -0.25) is 4.79 Å². The van der Waals surface area contributed by atoms with Crippen LogP contribution >= 0.6 is 0 Å². The molecule has 3 nitrogen and oxygen atoms in total. The normalized spacial score (nSPS) is 31.4. The average Bonchev–Trinajstić information content (AvgIpc) is 2.13. The van der Waals surface area contributed by atoms with Crippen LogP contribution in [0.15, 0.2) is 0 Å². The van der Waals surface area contributed by atoms with Crippen LogP contribution < -0.4 is 5.32 Å². The molecule has 0 saturated heterocycles. The first-order chi connectivity index (χ1) is 7.31. The number of rotatable bonds is 4. The molecule has 94 valence electrons. The second-order valence-corrected chi connectivity index (χ2v) is 6.18. The molecule has 0 aliphatic heterocycles. The Bertz CT molecular complexity index is 240. The third kappa shape index (κ3) is 3.78. The molecular weight excluding hydrogens is 202 g/mol. The summed E-state index contributed by atoms with van der Waals surface area (Å²) in [6.07, 6.45) is 3.67. The van der Waals surface area contributed by atoms with E-state index in [1.54, 1.807) is 13.8 Å². The summed E-state index contributed by atoms with van der Waals surface area (Å²) in [6.45, 7) is 8.68. The van der Waals surface area contributed by atoms with E-state index in [1.165, 1.54) is 19.3 Å². The molecule has 1 aliphatic rings. The minimum atomic E-state index is -0.725. The quantitative estimate of drug-likeness (QED) is 0.776. The van der Waals surface area contributed by atoms with E-state index in [9.17, 15) is 4.79 Å². The van der Waals surface area contributed by atoms with E-state index in [4.69, 9.17) is 5.11 Å². The van der Waals surface area contributed by atoms with E-state index < -0.39 is 11.4 Å². The maximum atomic E-state index is 11.0. The van der Waals surface area contributed by atoms with Crippen molar-refractivity contribution in [3.8, 4) is 0 Å². The Morgan fingerprint density at radius 1 is 1.25 bits per heavy atom. The van der Waals surface area contributed by atoms with Gasteiger partial charge in [-0.05, 0) is 44.9 Å². The predicted molar refractivity (Wildman–Crippen MR) is 65.4 cm³/mol. The summed E-state index contributed by atoms with van der Waals surface area (Å²) in [4.78, 5) is 11.0. The van der Waals surface area contributed by atoms with Gasteiger partial charge in [-0.1, -0.05) is 13.8 Å². The first-order valence-electron chi connectivity index (χ1n) is 6.28. The molecule has 2 unspecified atom stereocenters. The van der Waals surface area contributed by atoms with Crippen LogP contribution in [0.5, 0.6) is 0 Å². The maximum absolute atomic E-state index is 11.0. The van der Waals surface area contributed by atoms with Crippen molar-refractivity contribution < 1.29 is 9.90 Å². The third-order valence-electron chi connectivity index (χ3n) is 3.59. The van der Waals surface area contributed by atoms with E-state index in [1.807, 2.05) is 0 Å². The van der Waals surface area contributed by atoms with Crippen LogP contribution in [0.2, 0.25) is 0 Å². The van der Waals surface area contributed by atoms with Gasteiger partial charge in [0, 0.05) is 12.6 Å². The fourth-order valence-electron chi connectivity index (χ4n) is 2.59. The van der Waals surface area contributed by atoms with Crippen molar-refractivity contribution in [2.75, 3.05) is 6.54 Å². The molecule has 1 rings (SSSR count). The number of hydrogen-bond acceptors (Lipinski definition) is 2. The smallest absolute Gasteiger partial charge is 0.310 e. The monoisotopic (exact) mass is 227 g/mol. The second-order valence-electron chi connectivity index (χ2n) is 6.18. The average molecular weight is 227 g/mol. The van der Waals surface area contributed by atoms with Gasteiger partial charge in [0.1, 0.15) is 0 Å². The fraction of sp³-hybridized carbons (Fsp3) is 0.923. The Kier molecular flexibility index (Phi) is 4.36. The molecule has 0 aromatic carbocycles. The van der Waals surface area contributed by atoms with Crippen LogP contribution in [-0.2, 0) is 4.79 Å². The van der Waals surface area contributed by atoms with Gasteiger partial charge in [-0.15, -0.1) is 0 Å². The van der Waals surface area contributed by atoms with Crippen LogP contribution in [0.25, 0.3) is 0 Å². The van der Waals surface area contributed by atoms with E-state index in [2.05, 4.69) is 19.2 Å². The van der Waals surface area contributed by atoms with Crippen molar-refractivity contribution in [2.45, 2.75) is 53.0 Å². The molecule has 1 fully saturated rings. The van der Waals surface area contributed by atoms with Gasteiger partial charge in [-0.25, -0.2) is 0 Å². The van der Waals surface area contributed by atoms with E-state index in [-0.39, 0.29) is 0 Å². The van der Waals surface area contributed by atoms with E-state index in [0.29, 0.717) is 12.6 Å². The number of carboxylic acids is 1. The Morgan fingerprint density at radius 2 is 1.75 bits per heavy atom. The molecule has 0 bridgehead atoms. The van der Waals surface area contributed by atoms with Crippen molar-refractivity contribution in [1.82, 2.24) is 5.32 Å². The van der Waals surface area contributed by atoms with Crippen molar-refractivity contribution in [1.29, 1.82) is 0 Å². The topological polar surface area (TPSA) is 49.3 Å². The van der Waals surface area contributed by atoms with Crippen molar-refractivity contribution >= 4 is 5.97 Å². The molecule has 0 amide bonds. The summed E-state index contributed by atoms with van der Waals surface area (Å²) in [5.74, 6) is 0.792. The standard InChI is InChI=1S/C13H25NO2/c1-9-5-10(2)7-11(6-9)14-8-13(3,4)12(15)16/h9-11,14H,5-8H2,1-4H3,(H,15,16). The van der Waals surface area contributed by atoms with Gasteiger partial charge in [-0.2, -0.15) is 0 Å². The van der Waals surface area contributed by atoms with Crippen LogP contribution in [0.3, 0.4) is 0 Å². The molecule has 0 aromatic heterocycles. The van der Waals surface area contributed by atoms with Gasteiger partial charge < -0.3 is 10.4 Å². The second kappa shape index (κ2) is 5.17. The van der Waals surface area contributed by atoms with Gasteiger partial charge >= 0.3 is 5.97 Å². The zero-order chi connectivity index (χ0) is 12.3. The summed E-state index contributed by atoms with van der Waals surface area (Å²) in [5, 5.41) is 12.5. The van der Waals surface area contributed by atoms with E-state index >= 15 is 0 Å². The van der Waals surface area contributed by atoms with Crippen LogP contribution in [0.4, 0.5) is 0 Å². The largest absolute Gasteiger partial charge is 0.481 e. The highest BCUT2D eigenvalue weighted by atomic mass is 16.4. The first kappa shape index (κ1) is 13.5.